The molecule has 0 fully saturated rings. The molecule has 0 saturated carbocycles. The van der Waals surface area contributed by atoms with E-state index in [1.54, 1.807) is 31.2 Å². The Hall–Kier alpha value is -2.72. The smallest absolute Gasteiger partial charge is 0.302 e. The molecular formula is C26H27F3N2O3S2. The number of anilines is 1. The number of sulfone groups is 1. The average molecular weight is 537 g/mol. The summed E-state index contributed by atoms with van der Waals surface area (Å²) in [4.78, 5) is 18.5. The first kappa shape index (κ1) is 26.3. The summed E-state index contributed by atoms with van der Waals surface area (Å²) in [6.45, 7) is 1.59. The molecule has 0 aliphatic heterocycles. The number of carbonyl (C=O) groups excluding carboxylic acids is 1. The molecule has 1 atom stereocenters. The highest BCUT2D eigenvalue weighted by Gasteiger charge is 2.30. The predicted molar refractivity (Wildman–Crippen MR) is 134 cm³/mol. The highest BCUT2D eigenvalue weighted by molar-refractivity contribution is 7.91. The van der Waals surface area contributed by atoms with Crippen molar-refractivity contribution in [3.05, 3.63) is 75.8 Å². The number of rotatable bonds is 8. The van der Waals surface area contributed by atoms with Crippen LogP contribution in [0.25, 0.3) is 0 Å². The van der Waals surface area contributed by atoms with Crippen LogP contribution in [0.15, 0.2) is 53.4 Å². The third kappa shape index (κ3) is 6.53. The molecule has 5 nitrogen and oxygen atoms in total. The summed E-state index contributed by atoms with van der Waals surface area (Å²) >= 11 is 1.47. The normalized spacial score (nSPS) is 15.9. The minimum atomic E-state index is -4.32. The third-order valence-electron chi connectivity index (χ3n) is 6.44. The standard InChI is InChI=1S/C26H27F3N2O3S2/c1-2-36(33,34)21-12-7-19(8-13-21)16-24(32)31-25-30-22-14-9-18(15-23(22)35-25)4-3-17-5-10-20(11-6-17)26(27,28)29/h5-8,10-13,18H,2-4,9,14-16H2,1H3,(H,30,31,32). The molecule has 0 spiro atoms. The number of aryl methyl sites for hydroxylation is 2. The zero-order valence-electron chi connectivity index (χ0n) is 19.8. The van der Waals surface area contributed by atoms with Gasteiger partial charge in [0.05, 0.1) is 28.3 Å². The lowest BCUT2D eigenvalue weighted by atomic mass is 9.86. The lowest BCUT2D eigenvalue weighted by Crippen LogP contribution is -2.15. The van der Waals surface area contributed by atoms with Crippen molar-refractivity contribution in [1.82, 2.24) is 4.98 Å². The lowest BCUT2D eigenvalue weighted by molar-refractivity contribution is -0.137. The fraction of sp³-hybridized carbons (Fsp3) is 0.385. The van der Waals surface area contributed by atoms with Gasteiger partial charge in [0.15, 0.2) is 15.0 Å². The molecule has 0 radical (unpaired) electrons. The molecule has 0 bridgehead atoms. The summed E-state index contributed by atoms with van der Waals surface area (Å²) < 4.78 is 62.1. The van der Waals surface area contributed by atoms with Crippen molar-refractivity contribution in [2.75, 3.05) is 11.1 Å². The number of fused-ring (bicyclic) bond motifs is 1. The van der Waals surface area contributed by atoms with Gasteiger partial charge in [-0.3, -0.25) is 4.79 Å². The maximum atomic E-state index is 12.7. The average Bonchev–Trinajstić information content (AvgIpc) is 3.24. The van der Waals surface area contributed by atoms with Crippen LogP contribution >= 0.6 is 11.3 Å². The summed E-state index contributed by atoms with van der Waals surface area (Å²) in [6, 6.07) is 11.7. The molecule has 1 aliphatic rings. The van der Waals surface area contributed by atoms with Gasteiger partial charge in [0.1, 0.15) is 0 Å². The third-order valence-corrected chi connectivity index (χ3v) is 9.22. The van der Waals surface area contributed by atoms with E-state index in [2.05, 4.69) is 10.3 Å². The topological polar surface area (TPSA) is 76.1 Å². The molecule has 1 N–H and O–H groups in total. The Morgan fingerprint density at radius 1 is 1.08 bits per heavy atom. The highest BCUT2D eigenvalue weighted by atomic mass is 32.2. The van der Waals surface area contributed by atoms with Gasteiger partial charge in [-0.2, -0.15) is 13.2 Å². The number of nitrogens with zero attached hydrogens (tertiary/aromatic N) is 1. The van der Waals surface area contributed by atoms with Crippen molar-refractivity contribution < 1.29 is 26.4 Å². The molecule has 0 saturated heterocycles. The van der Waals surface area contributed by atoms with E-state index in [4.69, 9.17) is 0 Å². The minimum absolute atomic E-state index is 0.0253. The molecule has 192 valence electrons. The van der Waals surface area contributed by atoms with Crippen LogP contribution in [0.2, 0.25) is 0 Å². The number of alkyl halides is 3. The van der Waals surface area contributed by atoms with Crippen molar-refractivity contribution in [3.8, 4) is 0 Å². The number of thiazole rings is 1. The Bertz CT molecular complexity index is 1320. The number of hydrogen-bond donors (Lipinski definition) is 1. The van der Waals surface area contributed by atoms with Crippen LogP contribution in [0.5, 0.6) is 0 Å². The number of halogens is 3. The van der Waals surface area contributed by atoms with Gasteiger partial charge in [0.2, 0.25) is 5.91 Å². The van der Waals surface area contributed by atoms with E-state index < -0.39 is 21.6 Å². The molecule has 1 unspecified atom stereocenters. The molecule has 3 aromatic rings. The van der Waals surface area contributed by atoms with E-state index in [0.717, 1.165) is 60.4 Å². The number of carbonyl (C=O) groups is 1. The monoisotopic (exact) mass is 536 g/mol. The fourth-order valence-electron chi connectivity index (χ4n) is 4.30. The number of hydrogen-bond acceptors (Lipinski definition) is 5. The summed E-state index contributed by atoms with van der Waals surface area (Å²) in [5.74, 6) is 0.227. The number of nitrogens with one attached hydrogen (secondary N) is 1. The second-order valence-corrected chi connectivity index (χ2v) is 12.4. The molecule has 1 aromatic heterocycles. The van der Waals surface area contributed by atoms with Gasteiger partial charge in [0.25, 0.3) is 0 Å². The Balaban J connectivity index is 1.29. The maximum Gasteiger partial charge on any atom is 0.416 e. The predicted octanol–water partition coefficient (Wildman–Crippen LogP) is 5.87. The summed E-state index contributed by atoms with van der Waals surface area (Å²) in [7, 11) is -3.28. The van der Waals surface area contributed by atoms with E-state index in [1.165, 1.54) is 23.5 Å². The number of aromatic nitrogens is 1. The molecule has 1 amide bonds. The largest absolute Gasteiger partial charge is 0.416 e. The first-order chi connectivity index (χ1) is 17.0. The van der Waals surface area contributed by atoms with E-state index in [9.17, 15) is 26.4 Å². The van der Waals surface area contributed by atoms with Crippen molar-refractivity contribution in [3.63, 3.8) is 0 Å². The van der Waals surface area contributed by atoms with Gasteiger partial charge in [-0.1, -0.05) is 31.2 Å². The number of amides is 1. The molecular weight excluding hydrogens is 509 g/mol. The second kappa shape index (κ2) is 10.7. The van der Waals surface area contributed by atoms with Crippen LogP contribution in [-0.2, 0) is 46.5 Å². The van der Waals surface area contributed by atoms with Crippen molar-refractivity contribution in [1.29, 1.82) is 0 Å². The van der Waals surface area contributed by atoms with Gasteiger partial charge in [-0.05, 0) is 73.4 Å². The van der Waals surface area contributed by atoms with Gasteiger partial charge >= 0.3 is 6.18 Å². The van der Waals surface area contributed by atoms with Crippen LogP contribution < -0.4 is 5.32 Å². The summed E-state index contributed by atoms with van der Waals surface area (Å²) in [6.07, 6.45) is 0.0148. The van der Waals surface area contributed by atoms with E-state index in [-0.39, 0.29) is 23.0 Å². The zero-order valence-corrected chi connectivity index (χ0v) is 21.4. The Morgan fingerprint density at radius 2 is 1.75 bits per heavy atom. The SMILES string of the molecule is CCS(=O)(=O)c1ccc(CC(=O)Nc2nc3c(s2)CC(CCc2ccc(C(F)(F)F)cc2)CC3)cc1. The highest BCUT2D eigenvalue weighted by Crippen LogP contribution is 2.35. The van der Waals surface area contributed by atoms with Gasteiger partial charge in [0, 0.05) is 4.88 Å². The van der Waals surface area contributed by atoms with Crippen LogP contribution in [0.1, 0.15) is 47.0 Å². The van der Waals surface area contributed by atoms with Gasteiger partial charge in [-0.15, -0.1) is 11.3 Å². The van der Waals surface area contributed by atoms with E-state index in [1.807, 2.05) is 0 Å². The molecule has 2 aromatic carbocycles. The van der Waals surface area contributed by atoms with Crippen LogP contribution in [0.4, 0.5) is 18.3 Å². The number of benzene rings is 2. The van der Waals surface area contributed by atoms with E-state index >= 15 is 0 Å². The second-order valence-electron chi connectivity index (χ2n) is 9.00. The first-order valence-corrected chi connectivity index (χ1v) is 14.3. The van der Waals surface area contributed by atoms with Crippen LogP contribution in [0, 0.1) is 5.92 Å². The molecule has 4 rings (SSSR count). The van der Waals surface area contributed by atoms with Gasteiger partial charge < -0.3 is 5.32 Å². The van der Waals surface area contributed by atoms with Crippen molar-refractivity contribution >= 4 is 32.2 Å². The Kier molecular flexibility index (Phi) is 7.85. The van der Waals surface area contributed by atoms with Crippen LogP contribution in [-0.4, -0.2) is 25.1 Å². The first-order valence-electron chi connectivity index (χ1n) is 11.8. The molecule has 1 aliphatic carbocycles. The van der Waals surface area contributed by atoms with E-state index in [0.29, 0.717) is 16.6 Å². The molecule has 36 heavy (non-hydrogen) atoms. The van der Waals surface area contributed by atoms with Crippen molar-refractivity contribution in [2.24, 2.45) is 5.92 Å². The minimum Gasteiger partial charge on any atom is -0.302 e. The Morgan fingerprint density at radius 3 is 2.39 bits per heavy atom. The zero-order chi connectivity index (χ0) is 25.9. The maximum absolute atomic E-state index is 12.7. The lowest BCUT2D eigenvalue weighted by Gasteiger charge is -2.21. The fourth-order valence-corrected chi connectivity index (χ4v) is 6.33. The van der Waals surface area contributed by atoms with Gasteiger partial charge in [-0.25, -0.2) is 13.4 Å². The van der Waals surface area contributed by atoms with Crippen molar-refractivity contribution in [2.45, 2.75) is 56.5 Å². The summed E-state index contributed by atoms with van der Waals surface area (Å²) in [5.41, 5.74) is 1.98. The quantitative estimate of drug-likeness (QED) is 0.391. The molecule has 1 heterocycles. The molecule has 10 heteroatoms. The van der Waals surface area contributed by atoms with Crippen LogP contribution in [0.3, 0.4) is 0 Å². The Labute approximate surface area is 212 Å². The summed E-state index contributed by atoms with van der Waals surface area (Å²) in [5, 5.41) is 3.41.